The Hall–Kier alpha value is -1.39. The van der Waals surface area contributed by atoms with Crippen LogP contribution >= 0.6 is 0 Å². The van der Waals surface area contributed by atoms with Crippen molar-refractivity contribution in [1.82, 2.24) is 0 Å². The summed E-state index contributed by atoms with van der Waals surface area (Å²) >= 11 is 0. The first-order chi connectivity index (χ1) is 9.54. The van der Waals surface area contributed by atoms with E-state index in [0.717, 1.165) is 29.7 Å². The first-order valence-corrected chi connectivity index (χ1v) is 7.17. The number of likely N-dealkylation sites (N-methyl/N-ethyl adjacent to an activating group) is 1. The molecular weight excluding hydrogens is 254 g/mol. The zero-order valence-corrected chi connectivity index (χ0v) is 12.1. The number of hydrogen-bond acceptors (Lipinski definition) is 3. The SMILES string of the molecule is COC1(CC(O)c2ccc3c(c2)CC(=O)N3C)CCC1. The van der Waals surface area contributed by atoms with Crippen molar-refractivity contribution in [2.45, 2.75) is 43.8 Å². The van der Waals surface area contributed by atoms with Gasteiger partial charge in [0.15, 0.2) is 0 Å². The Bertz CT molecular complexity index is 531. The van der Waals surface area contributed by atoms with Crippen LogP contribution in [-0.4, -0.2) is 30.8 Å². The van der Waals surface area contributed by atoms with E-state index in [1.165, 1.54) is 6.42 Å². The highest BCUT2D eigenvalue weighted by Crippen LogP contribution is 2.42. The van der Waals surface area contributed by atoms with Crippen LogP contribution in [0.3, 0.4) is 0 Å². The molecule has 1 aromatic carbocycles. The van der Waals surface area contributed by atoms with E-state index in [1.54, 1.807) is 19.1 Å². The third-order valence-electron chi connectivity index (χ3n) is 4.83. The third-order valence-corrected chi connectivity index (χ3v) is 4.83. The molecule has 1 aliphatic carbocycles. The number of carbonyl (C=O) groups excluding carboxylic acids is 1. The van der Waals surface area contributed by atoms with Crippen molar-refractivity contribution in [3.8, 4) is 0 Å². The van der Waals surface area contributed by atoms with Gasteiger partial charge < -0.3 is 14.7 Å². The van der Waals surface area contributed by atoms with Crippen molar-refractivity contribution >= 4 is 11.6 Å². The number of rotatable bonds is 4. The first-order valence-electron chi connectivity index (χ1n) is 7.17. The van der Waals surface area contributed by atoms with Gasteiger partial charge in [-0.05, 0) is 36.5 Å². The summed E-state index contributed by atoms with van der Waals surface area (Å²) in [4.78, 5) is 13.4. The van der Waals surface area contributed by atoms with E-state index in [0.29, 0.717) is 12.8 Å². The molecule has 4 nitrogen and oxygen atoms in total. The van der Waals surface area contributed by atoms with Crippen LogP contribution in [0.5, 0.6) is 0 Å². The molecule has 0 radical (unpaired) electrons. The van der Waals surface area contributed by atoms with Crippen LogP contribution in [0.15, 0.2) is 18.2 Å². The molecule has 1 saturated carbocycles. The monoisotopic (exact) mass is 275 g/mol. The Morgan fingerprint density at radius 3 is 2.80 bits per heavy atom. The molecule has 1 unspecified atom stereocenters. The molecule has 1 N–H and O–H groups in total. The number of carbonyl (C=O) groups is 1. The van der Waals surface area contributed by atoms with Crippen molar-refractivity contribution < 1.29 is 14.6 Å². The van der Waals surface area contributed by atoms with E-state index >= 15 is 0 Å². The highest BCUT2D eigenvalue weighted by molar-refractivity contribution is 6.00. The van der Waals surface area contributed by atoms with Gasteiger partial charge in [-0.3, -0.25) is 4.79 Å². The van der Waals surface area contributed by atoms with Crippen molar-refractivity contribution in [2.75, 3.05) is 19.1 Å². The topological polar surface area (TPSA) is 49.8 Å². The summed E-state index contributed by atoms with van der Waals surface area (Å²) in [5.41, 5.74) is 2.70. The van der Waals surface area contributed by atoms with Crippen LogP contribution in [0, 0.1) is 0 Å². The van der Waals surface area contributed by atoms with Crippen LogP contribution in [0.1, 0.15) is 42.9 Å². The molecule has 1 amide bonds. The second kappa shape index (κ2) is 4.86. The molecule has 0 spiro atoms. The second-order valence-electron chi connectivity index (χ2n) is 5.98. The summed E-state index contributed by atoms with van der Waals surface area (Å²) in [5, 5.41) is 10.4. The van der Waals surface area contributed by atoms with Crippen LogP contribution in [0.4, 0.5) is 5.69 Å². The summed E-state index contributed by atoms with van der Waals surface area (Å²) in [6, 6.07) is 5.81. The lowest BCUT2D eigenvalue weighted by Crippen LogP contribution is -2.40. The van der Waals surface area contributed by atoms with Crippen molar-refractivity contribution in [3.05, 3.63) is 29.3 Å². The minimum atomic E-state index is -0.526. The minimum absolute atomic E-state index is 0.110. The molecular formula is C16H21NO3. The average molecular weight is 275 g/mol. The van der Waals surface area contributed by atoms with Crippen molar-refractivity contribution in [3.63, 3.8) is 0 Å². The molecule has 2 aliphatic rings. The molecule has 1 heterocycles. The van der Waals surface area contributed by atoms with E-state index in [2.05, 4.69) is 0 Å². The Labute approximate surface area is 119 Å². The number of methoxy groups -OCH3 is 1. The summed E-state index contributed by atoms with van der Waals surface area (Å²) in [5.74, 6) is 0.110. The molecule has 0 aromatic heterocycles. The van der Waals surface area contributed by atoms with Gasteiger partial charge in [0.05, 0.1) is 18.1 Å². The Kier molecular flexibility index (Phi) is 3.30. The van der Waals surface area contributed by atoms with E-state index in [9.17, 15) is 9.90 Å². The first kappa shape index (κ1) is 13.6. The fourth-order valence-electron chi connectivity index (χ4n) is 3.23. The molecule has 0 saturated heterocycles. The number of benzene rings is 1. The average Bonchev–Trinajstić information content (AvgIpc) is 2.69. The quantitative estimate of drug-likeness (QED) is 0.916. The van der Waals surface area contributed by atoms with Gasteiger partial charge in [0.25, 0.3) is 0 Å². The zero-order valence-electron chi connectivity index (χ0n) is 12.1. The summed E-state index contributed by atoms with van der Waals surface area (Å²) in [6.45, 7) is 0. The van der Waals surface area contributed by atoms with Crippen LogP contribution in [0.2, 0.25) is 0 Å². The Balaban J connectivity index is 1.78. The summed E-state index contributed by atoms with van der Waals surface area (Å²) in [6.07, 6.45) is 3.75. The molecule has 1 fully saturated rings. The van der Waals surface area contributed by atoms with Gasteiger partial charge in [-0.1, -0.05) is 12.1 Å². The normalized spacial score (nSPS) is 21.6. The maximum atomic E-state index is 11.7. The number of aliphatic hydroxyl groups is 1. The standard InChI is InChI=1S/C16H21NO3/c1-17-13-5-4-11(8-12(13)9-15(17)19)14(18)10-16(20-2)6-3-7-16/h4-5,8,14,18H,3,6-7,9-10H2,1-2H3. The lowest BCUT2D eigenvalue weighted by atomic mass is 9.75. The Morgan fingerprint density at radius 1 is 1.45 bits per heavy atom. The minimum Gasteiger partial charge on any atom is -0.388 e. The lowest BCUT2D eigenvalue weighted by molar-refractivity contribution is -0.117. The number of aliphatic hydroxyl groups excluding tert-OH is 1. The fraction of sp³-hybridized carbons (Fsp3) is 0.562. The van der Waals surface area contributed by atoms with Crippen LogP contribution in [0.25, 0.3) is 0 Å². The van der Waals surface area contributed by atoms with Gasteiger partial charge >= 0.3 is 0 Å². The van der Waals surface area contributed by atoms with Gasteiger partial charge in [-0.25, -0.2) is 0 Å². The molecule has 108 valence electrons. The van der Waals surface area contributed by atoms with Gasteiger partial charge in [-0.2, -0.15) is 0 Å². The molecule has 20 heavy (non-hydrogen) atoms. The number of anilines is 1. The molecule has 0 bridgehead atoms. The smallest absolute Gasteiger partial charge is 0.231 e. The zero-order chi connectivity index (χ0) is 14.3. The number of fused-ring (bicyclic) bond motifs is 1. The maximum Gasteiger partial charge on any atom is 0.231 e. The highest BCUT2D eigenvalue weighted by atomic mass is 16.5. The van der Waals surface area contributed by atoms with Gasteiger partial charge in [0, 0.05) is 26.3 Å². The highest BCUT2D eigenvalue weighted by Gasteiger charge is 2.39. The summed E-state index contributed by atoms with van der Waals surface area (Å²) in [7, 11) is 3.51. The Morgan fingerprint density at radius 2 is 2.20 bits per heavy atom. The molecule has 3 rings (SSSR count). The van der Waals surface area contributed by atoms with Crippen LogP contribution < -0.4 is 4.90 Å². The fourth-order valence-corrected chi connectivity index (χ4v) is 3.23. The van der Waals surface area contributed by atoms with E-state index in [4.69, 9.17) is 4.74 Å². The maximum absolute atomic E-state index is 11.7. The third kappa shape index (κ3) is 2.13. The number of hydrogen-bond donors (Lipinski definition) is 1. The lowest BCUT2D eigenvalue weighted by Gasteiger charge is -2.42. The van der Waals surface area contributed by atoms with E-state index < -0.39 is 6.10 Å². The number of nitrogens with zero attached hydrogens (tertiary/aromatic N) is 1. The van der Waals surface area contributed by atoms with Crippen molar-refractivity contribution in [2.24, 2.45) is 0 Å². The van der Waals surface area contributed by atoms with Gasteiger partial charge in [0.1, 0.15) is 0 Å². The van der Waals surface area contributed by atoms with Gasteiger partial charge in [0.2, 0.25) is 5.91 Å². The van der Waals surface area contributed by atoms with E-state index in [-0.39, 0.29) is 11.5 Å². The van der Waals surface area contributed by atoms with Crippen molar-refractivity contribution in [1.29, 1.82) is 0 Å². The molecule has 4 heteroatoms. The second-order valence-corrected chi connectivity index (χ2v) is 5.98. The molecule has 1 aromatic rings. The summed E-state index contributed by atoms with van der Waals surface area (Å²) < 4.78 is 5.57. The molecule has 1 atom stereocenters. The van der Waals surface area contributed by atoms with E-state index in [1.807, 2.05) is 18.2 Å². The number of amides is 1. The predicted octanol–water partition coefficient (Wildman–Crippen LogP) is 2.20. The van der Waals surface area contributed by atoms with Gasteiger partial charge in [-0.15, -0.1) is 0 Å². The van der Waals surface area contributed by atoms with Crippen LogP contribution in [-0.2, 0) is 16.0 Å². The predicted molar refractivity (Wildman–Crippen MR) is 76.7 cm³/mol. The number of ether oxygens (including phenoxy) is 1. The molecule has 1 aliphatic heterocycles. The largest absolute Gasteiger partial charge is 0.388 e.